The largest absolute Gasteiger partial charge is 0.449 e. The van der Waals surface area contributed by atoms with Gasteiger partial charge < -0.3 is 10.1 Å². The molecule has 25 heavy (non-hydrogen) atoms. The SMILES string of the molecule is CC(OC(=O)c1c2ccccc2cc2ccccc12)C(=O)NC1CC1. The molecule has 3 aromatic carbocycles. The normalized spacial score (nSPS) is 15.1. The Balaban J connectivity index is 1.72. The summed E-state index contributed by atoms with van der Waals surface area (Å²) in [6.45, 7) is 1.61. The molecule has 4 nitrogen and oxygen atoms in total. The van der Waals surface area contributed by atoms with Crippen LogP contribution in [0.5, 0.6) is 0 Å². The molecule has 1 atom stereocenters. The third-order valence-electron chi connectivity index (χ3n) is 4.55. The molecule has 1 fully saturated rings. The fraction of sp³-hybridized carbons (Fsp3) is 0.238. The van der Waals surface area contributed by atoms with Gasteiger partial charge in [-0.05, 0) is 47.4 Å². The van der Waals surface area contributed by atoms with Gasteiger partial charge >= 0.3 is 5.97 Å². The highest BCUT2D eigenvalue weighted by atomic mass is 16.5. The Labute approximate surface area is 145 Å². The van der Waals surface area contributed by atoms with Crippen LogP contribution in [0.4, 0.5) is 0 Å². The molecule has 0 radical (unpaired) electrons. The lowest BCUT2D eigenvalue weighted by atomic mass is 9.97. The zero-order chi connectivity index (χ0) is 17.4. The number of ether oxygens (including phenoxy) is 1. The zero-order valence-corrected chi connectivity index (χ0v) is 14.0. The second kappa shape index (κ2) is 6.20. The Morgan fingerprint density at radius 2 is 1.56 bits per heavy atom. The maximum absolute atomic E-state index is 12.9. The molecule has 1 unspecified atom stereocenters. The van der Waals surface area contributed by atoms with Gasteiger partial charge in [0.15, 0.2) is 6.10 Å². The summed E-state index contributed by atoms with van der Waals surface area (Å²) in [5, 5.41) is 6.49. The van der Waals surface area contributed by atoms with Gasteiger partial charge in [0.1, 0.15) is 0 Å². The third-order valence-corrected chi connectivity index (χ3v) is 4.55. The first-order valence-corrected chi connectivity index (χ1v) is 8.55. The number of carbonyl (C=O) groups excluding carboxylic acids is 2. The Hall–Kier alpha value is -2.88. The highest BCUT2D eigenvalue weighted by Crippen LogP contribution is 2.29. The van der Waals surface area contributed by atoms with Gasteiger partial charge in [-0.25, -0.2) is 4.79 Å². The molecule has 0 aliphatic heterocycles. The number of hydrogen-bond acceptors (Lipinski definition) is 3. The summed E-state index contributed by atoms with van der Waals surface area (Å²) in [6.07, 6.45) is 1.19. The van der Waals surface area contributed by atoms with E-state index in [2.05, 4.69) is 11.4 Å². The van der Waals surface area contributed by atoms with E-state index in [1.165, 1.54) is 0 Å². The molecular formula is C21H19NO3. The molecule has 3 aromatic rings. The van der Waals surface area contributed by atoms with Gasteiger partial charge in [0, 0.05) is 6.04 Å². The molecule has 0 saturated heterocycles. The standard InChI is InChI=1S/C21H19NO3/c1-13(20(23)22-16-10-11-16)25-21(24)19-17-8-4-2-6-14(17)12-15-7-3-5-9-18(15)19/h2-9,12-13,16H,10-11H2,1H3,(H,22,23). The summed E-state index contributed by atoms with van der Waals surface area (Å²) in [7, 11) is 0. The van der Waals surface area contributed by atoms with Crippen molar-refractivity contribution in [2.45, 2.75) is 31.9 Å². The van der Waals surface area contributed by atoms with E-state index in [-0.39, 0.29) is 11.9 Å². The second-order valence-corrected chi connectivity index (χ2v) is 6.52. The van der Waals surface area contributed by atoms with Crippen LogP contribution >= 0.6 is 0 Å². The van der Waals surface area contributed by atoms with Crippen molar-refractivity contribution in [2.24, 2.45) is 0 Å². The zero-order valence-electron chi connectivity index (χ0n) is 14.0. The molecule has 0 spiro atoms. The first-order chi connectivity index (χ1) is 12.1. The summed E-state index contributed by atoms with van der Waals surface area (Å²) >= 11 is 0. The Kier molecular flexibility index (Phi) is 3.88. The fourth-order valence-corrected chi connectivity index (χ4v) is 3.05. The third kappa shape index (κ3) is 3.07. The van der Waals surface area contributed by atoms with Crippen molar-refractivity contribution in [3.63, 3.8) is 0 Å². The van der Waals surface area contributed by atoms with Crippen molar-refractivity contribution in [1.82, 2.24) is 5.32 Å². The first-order valence-electron chi connectivity index (χ1n) is 8.55. The van der Waals surface area contributed by atoms with E-state index in [9.17, 15) is 9.59 Å². The monoisotopic (exact) mass is 333 g/mol. The molecule has 126 valence electrons. The summed E-state index contributed by atoms with van der Waals surface area (Å²) < 4.78 is 5.49. The minimum Gasteiger partial charge on any atom is -0.449 e. The van der Waals surface area contributed by atoms with Crippen LogP contribution in [0.2, 0.25) is 0 Å². The van der Waals surface area contributed by atoms with E-state index in [1.54, 1.807) is 6.92 Å². The van der Waals surface area contributed by atoms with E-state index >= 15 is 0 Å². The number of esters is 1. The number of fused-ring (bicyclic) bond motifs is 2. The van der Waals surface area contributed by atoms with Crippen LogP contribution in [-0.2, 0) is 9.53 Å². The van der Waals surface area contributed by atoms with E-state index in [1.807, 2.05) is 48.5 Å². The summed E-state index contributed by atoms with van der Waals surface area (Å²) in [5.74, 6) is -0.702. The van der Waals surface area contributed by atoms with Crippen LogP contribution in [0.25, 0.3) is 21.5 Å². The molecule has 1 saturated carbocycles. The predicted molar refractivity (Wildman–Crippen MR) is 97.5 cm³/mol. The van der Waals surface area contributed by atoms with Gasteiger partial charge in [0.2, 0.25) is 0 Å². The molecule has 1 aliphatic rings. The van der Waals surface area contributed by atoms with Crippen molar-refractivity contribution in [1.29, 1.82) is 0 Å². The minimum atomic E-state index is -0.814. The van der Waals surface area contributed by atoms with E-state index in [0.29, 0.717) is 5.56 Å². The molecule has 0 aromatic heterocycles. The summed E-state index contributed by atoms with van der Waals surface area (Å²) in [6, 6.07) is 17.8. The van der Waals surface area contributed by atoms with Crippen LogP contribution in [0, 0.1) is 0 Å². The Morgan fingerprint density at radius 1 is 1.00 bits per heavy atom. The van der Waals surface area contributed by atoms with E-state index < -0.39 is 12.1 Å². The Morgan fingerprint density at radius 3 is 2.12 bits per heavy atom. The van der Waals surface area contributed by atoms with E-state index in [4.69, 9.17) is 4.74 Å². The van der Waals surface area contributed by atoms with Crippen molar-refractivity contribution in [3.05, 3.63) is 60.2 Å². The molecule has 1 aliphatic carbocycles. The predicted octanol–water partition coefficient (Wildman–Crippen LogP) is 3.82. The molecule has 4 heteroatoms. The number of hydrogen-bond donors (Lipinski definition) is 1. The maximum Gasteiger partial charge on any atom is 0.340 e. The van der Waals surface area contributed by atoms with Crippen LogP contribution in [-0.4, -0.2) is 24.0 Å². The lowest BCUT2D eigenvalue weighted by molar-refractivity contribution is -0.129. The van der Waals surface area contributed by atoms with Gasteiger partial charge in [0.05, 0.1) is 5.56 Å². The van der Waals surface area contributed by atoms with Gasteiger partial charge in [-0.1, -0.05) is 48.5 Å². The summed E-state index contributed by atoms with van der Waals surface area (Å²) in [4.78, 5) is 25.0. The van der Waals surface area contributed by atoms with Crippen LogP contribution in [0.3, 0.4) is 0 Å². The minimum absolute atomic E-state index is 0.236. The lowest BCUT2D eigenvalue weighted by Gasteiger charge is -2.15. The number of carbonyl (C=O) groups is 2. The fourth-order valence-electron chi connectivity index (χ4n) is 3.05. The average molecular weight is 333 g/mol. The maximum atomic E-state index is 12.9. The number of rotatable bonds is 4. The number of nitrogens with one attached hydrogen (secondary N) is 1. The van der Waals surface area contributed by atoms with Gasteiger partial charge in [-0.2, -0.15) is 0 Å². The van der Waals surface area contributed by atoms with Gasteiger partial charge in [0.25, 0.3) is 5.91 Å². The molecule has 1 amide bonds. The average Bonchev–Trinajstić information content (AvgIpc) is 3.43. The van der Waals surface area contributed by atoms with Gasteiger partial charge in [-0.15, -0.1) is 0 Å². The van der Waals surface area contributed by atoms with E-state index in [0.717, 1.165) is 34.4 Å². The van der Waals surface area contributed by atoms with Crippen LogP contribution in [0.15, 0.2) is 54.6 Å². The van der Waals surface area contributed by atoms with Crippen molar-refractivity contribution in [2.75, 3.05) is 0 Å². The first kappa shape index (κ1) is 15.6. The highest BCUT2D eigenvalue weighted by Gasteiger charge is 2.28. The lowest BCUT2D eigenvalue weighted by Crippen LogP contribution is -2.37. The number of amides is 1. The smallest absolute Gasteiger partial charge is 0.340 e. The van der Waals surface area contributed by atoms with Crippen molar-refractivity contribution in [3.8, 4) is 0 Å². The van der Waals surface area contributed by atoms with Crippen LogP contribution in [0.1, 0.15) is 30.1 Å². The number of benzene rings is 3. The van der Waals surface area contributed by atoms with Crippen molar-refractivity contribution >= 4 is 33.4 Å². The van der Waals surface area contributed by atoms with Gasteiger partial charge in [-0.3, -0.25) is 4.79 Å². The van der Waals surface area contributed by atoms with Crippen LogP contribution < -0.4 is 5.32 Å². The molecular weight excluding hydrogens is 314 g/mol. The topological polar surface area (TPSA) is 55.4 Å². The molecule has 4 rings (SSSR count). The summed E-state index contributed by atoms with van der Waals surface area (Å²) in [5.41, 5.74) is 0.514. The molecule has 1 N–H and O–H groups in total. The molecule has 0 bridgehead atoms. The van der Waals surface area contributed by atoms with Crippen molar-refractivity contribution < 1.29 is 14.3 Å². The highest BCUT2D eigenvalue weighted by molar-refractivity contribution is 6.16. The molecule has 0 heterocycles. The quantitative estimate of drug-likeness (QED) is 0.583. The Bertz CT molecular complexity index is 921. The second-order valence-electron chi connectivity index (χ2n) is 6.52.